The second kappa shape index (κ2) is 4.93. The van der Waals surface area contributed by atoms with Gasteiger partial charge in [-0.05, 0) is 34.5 Å². The molecule has 2 rings (SSSR count). The number of amides is 1. The number of hydrogen-bond donors (Lipinski definition) is 0. The smallest absolute Gasteiger partial charge is 0.273 e. The number of rotatable bonds is 2. The molecule has 1 aromatic rings. The number of nitrogens with zero attached hydrogens (tertiary/aromatic N) is 2. The van der Waals surface area contributed by atoms with Crippen molar-refractivity contribution in [2.75, 3.05) is 20.2 Å². The predicted molar refractivity (Wildman–Crippen MR) is 63.3 cm³/mol. The first kappa shape index (κ1) is 11.5. The number of likely N-dealkylation sites (tertiary alicyclic amines) is 1. The Morgan fingerprint density at radius 2 is 2.50 bits per heavy atom. The molecule has 0 radical (unpaired) electrons. The van der Waals surface area contributed by atoms with Gasteiger partial charge >= 0.3 is 0 Å². The van der Waals surface area contributed by atoms with Crippen LogP contribution in [-0.4, -0.2) is 42.1 Å². The van der Waals surface area contributed by atoms with Gasteiger partial charge in [0.15, 0.2) is 0 Å². The number of halogens is 1. The molecule has 86 valence electrons. The lowest BCUT2D eigenvalue weighted by Gasteiger charge is -2.16. The Balaban J connectivity index is 2.12. The molecule has 2 heterocycles. The molecule has 0 aromatic carbocycles. The van der Waals surface area contributed by atoms with Crippen molar-refractivity contribution in [3.8, 4) is 0 Å². The molecule has 16 heavy (non-hydrogen) atoms. The van der Waals surface area contributed by atoms with E-state index < -0.39 is 0 Å². The van der Waals surface area contributed by atoms with Crippen LogP contribution in [0, 0.1) is 0 Å². The fraction of sp³-hybridized carbons (Fsp3) is 0.455. The first-order valence-corrected chi connectivity index (χ1v) is 5.94. The summed E-state index contributed by atoms with van der Waals surface area (Å²) in [7, 11) is 1.68. The highest BCUT2D eigenvalue weighted by Crippen LogP contribution is 2.19. The zero-order valence-corrected chi connectivity index (χ0v) is 10.6. The minimum Gasteiger partial charge on any atom is -0.380 e. The van der Waals surface area contributed by atoms with Gasteiger partial charge in [-0.2, -0.15) is 0 Å². The Labute approximate surface area is 103 Å². The molecule has 0 spiro atoms. The molecule has 1 aliphatic heterocycles. The highest BCUT2D eigenvalue weighted by molar-refractivity contribution is 9.10. The van der Waals surface area contributed by atoms with E-state index in [2.05, 4.69) is 20.9 Å². The van der Waals surface area contributed by atoms with Gasteiger partial charge in [0.2, 0.25) is 0 Å². The molecule has 1 fully saturated rings. The van der Waals surface area contributed by atoms with Crippen LogP contribution in [0.15, 0.2) is 22.8 Å². The molecule has 0 N–H and O–H groups in total. The van der Waals surface area contributed by atoms with Gasteiger partial charge in [-0.3, -0.25) is 4.79 Å². The summed E-state index contributed by atoms with van der Waals surface area (Å²) in [6.07, 6.45) is 2.68. The second-order valence-corrected chi connectivity index (χ2v) is 4.59. The van der Waals surface area contributed by atoms with Crippen molar-refractivity contribution in [1.29, 1.82) is 0 Å². The molecule has 1 aromatic heterocycles. The third-order valence-electron chi connectivity index (χ3n) is 2.73. The van der Waals surface area contributed by atoms with Crippen LogP contribution in [0.5, 0.6) is 0 Å². The van der Waals surface area contributed by atoms with Gasteiger partial charge in [-0.1, -0.05) is 0 Å². The molecule has 5 heteroatoms. The Bertz CT molecular complexity index is 397. The van der Waals surface area contributed by atoms with E-state index in [1.54, 1.807) is 24.3 Å². The number of pyridine rings is 1. The summed E-state index contributed by atoms with van der Waals surface area (Å²) >= 11 is 3.33. The zero-order chi connectivity index (χ0) is 11.5. The largest absolute Gasteiger partial charge is 0.380 e. The molecule has 0 bridgehead atoms. The maximum atomic E-state index is 12.1. The fourth-order valence-electron chi connectivity index (χ4n) is 1.80. The monoisotopic (exact) mass is 284 g/mol. The van der Waals surface area contributed by atoms with Crippen LogP contribution in [0.25, 0.3) is 0 Å². The summed E-state index contributed by atoms with van der Waals surface area (Å²) in [6, 6.07) is 3.62. The van der Waals surface area contributed by atoms with E-state index in [1.807, 2.05) is 6.07 Å². The van der Waals surface area contributed by atoms with Crippen LogP contribution in [0.1, 0.15) is 16.9 Å². The zero-order valence-electron chi connectivity index (χ0n) is 9.02. The summed E-state index contributed by atoms with van der Waals surface area (Å²) in [4.78, 5) is 18.0. The van der Waals surface area contributed by atoms with Gasteiger partial charge in [0.25, 0.3) is 5.91 Å². The minimum atomic E-state index is -0.0352. The molecule has 1 unspecified atom stereocenters. The number of carbonyl (C=O) groups excluding carboxylic acids is 1. The quantitative estimate of drug-likeness (QED) is 0.830. The van der Waals surface area contributed by atoms with E-state index >= 15 is 0 Å². The molecule has 4 nitrogen and oxygen atoms in total. The summed E-state index contributed by atoms with van der Waals surface area (Å²) < 4.78 is 5.97. The van der Waals surface area contributed by atoms with Crippen molar-refractivity contribution in [2.24, 2.45) is 0 Å². The van der Waals surface area contributed by atoms with Crippen LogP contribution in [-0.2, 0) is 4.74 Å². The average Bonchev–Trinajstić information content (AvgIpc) is 2.77. The third-order valence-corrected chi connectivity index (χ3v) is 3.37. The maximum Gasteiger partial charge on any atom is 0.273 e. The molecule has 1 aliphatic rings. The normalized spacial score (nSPS) is 20.1. The summed E-state index contributed by atoms with van der Waals surface area (Å²) in [5, 5.41) is 0. The second-order valence-electron chi connectivity index (χ2n) is 3.73. The fourth-order valence-corrected chi connectivity index (χ4v) is 2.22. The van der Waals surface area contributed by atoms with Crippen LogP contribution in [0.3, 0.4) is 0 Å². The molecule has 1 saturated heterocycles. The SMILES string of the molecule is COC1CCN(C(=O)c2ncccc2Br)C1. The van der Waals surface area contributed by atoms with E-state index in [1.165, 1.54) is 0 Å². The van der Waals surface area contributed by atoms with Gasteiger partial charge in [0.05, 0.1) is 6.10 Å². The van der Waals surface area contributed by atoms with Crippen molar-refractivity contribution in [2.45, 2.75) is 12.5 Å². The van der Waals surface area contributed by atoms with Crippen LogP contribution in [0.4, 0.5) is 0 Å². The van der Waals surface area contributed by atoms with Crippen molar-refractivity contribution in [1.82, 2.24) is 9.88 Å². The Kier molecular flexibility index (Phi) is 3.56. The van der Waals surface area contributed by atoms with Crippen molar-refractivity contribution in [3.63, 3.8) is 0 Å². The molecular formula is C11H13BrN2O2. The summed E-state index contributed by atoms with van der Waals surface area (Å²) in [5.41, 5.74) is 0.472. The standard InChI is InChI=1S/C11H13BrN2O2/c1-16-8-4-6-14(7-8)11(15)10-9(12)3-2-5-13-10/h2-3,5,8H,4,6-7H2,1H3. The maximum absolute atomic E-state index is 12.1. The Hall–Kier alpha value is -0.940. The average molecular weight is 285 g/mol. The van der Waals surface area contributed by atoms with Crippen LogP contribution < -0.4 is 0 Å². The lowest BCUT2D eigenvalue weighted by molar-refractivity contribution is 0.0718. The number of hydrogen-bond acceptors (Lipinski definition) is 3. The Morgan fingerprint density at radius 1 is 1.69 bits per heavy atom. The number of methoxy groups -OCH3 is 1. The molecule has 0 saturated carbocycles. The van der Waals surface area contributed by atoms with E-state index in [9.17, 15) is 4.79 Å². The third kappa shape index (κ3) is 2.25. The molecule has 1 amide bonds. The lowest BCUT2D eigenvalue weighted by Crippen LogP contribution is -2.30. The summed E-state index contributed by atoms with van der Waals surface area (Å²) in [6.45, 7) is 1.39. The topological polar surface area (TPSA) is 42.4 Å². The lowest BCUT2D eigenvalue weighted by atomic mass is 10.3. The minimum absolute atomic E-state index is 0.0352. The molecule has 1 atom stereocenters. The van der Waals surface area contributed by atoms with E-state index in [-0.39, 0.29) is 12.0 Å². The predicted octanol–water partition coefficient (Wildman–Crippen LogP) is 1.70. The Morgan fingerprint density at radius 3 is 3.12 bits per heavy atom. The van der Waals surface area contributed by atoms with E-state index in [0.29, 0.717) is 12.2 Å². The van der Waals surface area contributed by atoms with Gasteiger partial charge < -0.3 is 9.64 Å². The van der Waals surface area contributed by atoms with Crippen molar-refractivity contribution in [3.05, 3.63) is 28.5 Å². The van der Waals surface area contributed by atoms with Gasteiger partial charge in [-0.25, -0.2) is 4.98 Å². The van der Waals surface area contributed by atoms with E-state index in [4.69, 9.17) is 4.74 Å². The number of ether oxygens (including phenoxy) is 1. The first-order chi connectivity index (χ1) is 7.72. The van der Waals surface area contributed by atoms with Crippen molar-refractivity contribution < 1.29 is 9.53 Å². The van der Waals surface area contributed by atoms with Crippen LogP contribution >= 0.6 is 15.9 Å². The number of carbonyl (C=O) groups is 1. The molecule has 0 aliphatic carbocycles. The summed E-state index contributed by atoms with van der Waals surface area (Å²) in [5.74, 6) is -0.0352. The number of aromatic nitrogens is 1. The van der Waals surface area contributed by atoms with E-state index in [0.717, 1.165) is 17.4 Å². The van der Waals surface area contributed by atoms with Crippen molar-refractivity contribution >= 4 is 21.8 Å². The van der Waals surface area contributed by atoms with Gasteiger partial charge in [0.1, 0.15) is 5.69 Å². The van der Waals surface area contributed by atoms with Gasteiger partial charge in [0, 0.05) is 30.9 Å². The highest BCUT2D eigenvalue weighted by atomic mass is 79.9. The van der Waals surface area contributed by atoms with Gasteiger partial charge in [-0.15, -0.1) is 0 Å². The highest BCUT2D eigenvalue weighted by Gasteiger charge is 2.28. The first-order valence-electron chi connectivity index (χ1n) is 5.15. The molecular weight excluding hydrogens is 272 g/mol. The van der Waals surface area contributed by atoms with Crippen LogP contribution in [0.2, 0.25) is 0 Å².